The van der Waals surface area contributed by atoms with Crippen LogP contribution in [-0.4, -0.2) is 37.0 Å². The van der Waals surface area contributed by atoms with Gasteiger partial charge in [-0.2, -0.15) is 0 Å². The Hall–Kier alpha value is -1.82. The van der Waals surface area contributed by atoms with Crippen molar-refractivity contribution in [3.63, 3.8) is 0 Å². The van der Waals surface area contributed by atoms with Gasteiger partial charge in [-0.3, -0.25) is 4.98 Å². The molecule has 2 fully saturated rings. The summed E-state index contributed by atoms with van der Waals surface area (Å²) < 4.78 is 24.9. The number of nitrogens with zero attached hydrogens (tertiary/aromatic N) is 1. The van der Waals surface area contributed by atoms with Crippen LogP contribution in [-0.2, 0) is 14.9 Å². The maximum atomic E-state index is 12.7. The van der Waals surface area contributed by atoms with Crippen molar-refractivity contribution in [2.24, 2.45) is 0 Å². The zero-order valence-corrected chi connectivity index (χ0v) is 19.6. The number of hydrogen-bond donors (Lipinski definition) is 1. The van der Waals surface area contributed by atoms with Crippen LogP contribution in [0.15, 0.2) is 48.7 Å². The summed E-state index contributed by atoms with van der Waals surface area (Å²) in [6.45, 7) is 1.52. The summed E-state index contributed by atoms with van der Waals surface area (Å²) >= 11 is 0. The summed E-state index contributed by atoms with van der Waals surface area (Å²) in [4.78, 5) is 4.84. The van der Waals surface area contributed by atoms with E-state index in [-0.39, 0.29) is 23.7 Å². The van der Waals surface area contributed by atoms with Crippen molar-refractivity contribution in [2.45, 2.75) is 80.9 Å². The van der Waals surface area contributed by atoms with Gasteiger partial charge in [-0.05, 0) is 74.8 Å². The molecule has 2 heterocycles. The lowest BCUT2D eigenvalue weighted by atomic mass is 9.68. The SMILES string of the molecule is FCCO[C@H]1CC[C@H](NCC[C@@]2(c3ccccn3)CCOC3(CCCC3)C2)c2ccccc21. The summed E-state index contributed by atoms with van der Waals surface area (Å²) in [7, 11) is 0. The maximum Gasteiger partial charge on any atom is 0.113 e. The van der Waals surface area contributed by atoms with Gasteiger partial charge >= 0.3 is 0 Å². The first-order valence-electron chi connectivity index (χ1n) is 12.8. The summed E-state index contributed by atoms with van der Waals surface area (Å²) in [6, 6.07) is 15.2. The van der Waals surface area contributed by atoms with Gasteiger partial charge < -0.3 is 14.8 Å². The van der Waals surface area contributed by atoms with Crippen LogP contribution >= 0.6 is 0 Å². The Morgan fingerprint density at radius 2 is 1.85 bits per heavy atom. The number of aromatic nitrogens is 1. The lowest BCUT2D eigenvalue weighted by Gasteiger charge is -2.46. The molecule has 2 aliphatic carbocycles. The first kappa shape index (κ1) is 22.9. The van der Waals surface area contributed by atoms with Gasteiger partial charge in [0.2, 0.25) is 0 Å². The fourth-order valence-electron chi connectivity index (χ4n) is 6.60. The van der Waals surface area contributed by atoms with Crippen LogP contribution in [0.5, 0.6) is 0 Å². The van der Waals surface area contributed by atoms with Crippen molar-refractivity contribution < 1.29 is 13.9 Å². The number of ether oxygens (including phenoxy) is 2. The number of alkyl halides is 1. The Kier molecular flexibility index (Phi) is 7.10. The molecule has 2 aromatic rings. The monoisotopic (exact) mass is 452 g/mol. The van der Waals surface area contributed by atoms with Gasteiger partial charge in [0.1, 0.15) is 6.67 Å². The van der Waals surface area contributed by atoms with E-state index in [1.807, 2.05) is 12.3 Å². The van der Waals surface area contributed by atoms with Crippen LogP contribution < -0.4 is 5.32 Å². The van der Waals surface area contributed by atoms with Crippen LogP contribution in [0, 0.1) is 0 Å². The van der Waals surface area contributed by atoms with Crippen molar-refractivity contribution in [3.8, 4) is 0 Å². The first-order chi connectivity index (χ1) is 16.2. The van der Waals surface area contributed by atoms with Gasteiger partial charge in [0.05, 0.1) is 18.3 Å². The van der Waals surface area contributed by atoms with Gasteiger partial charge in [0, 0.05) is 30.0 Å². The third-order valence-corrected chi connectivity index (χ3v) is 8.20. The fraction of sp³-hybridized carbons (Fsp3) is 0.607. The van der Waals surface area contributed by atoms with Crippen molar-refractivity contribution in [1.29, 1.82) is 0 Å². The molecule has 178 valence electrons. The quantitative estimate of drug-likeness (QED) is 0.535. The molecule has 3 aliphatic rings. The lowest BCUT2D eigenvalue weighted by molar-refractivity contribution is -0.104. The number of fused-ring (bicyclic) bond motifs is 1. The van der Waals surface area contributed by atoms with E-state index < -0.39 is 6.67 Å². The van der Waals surface area contributed by atoms with Gasteiger partial charge in [-0.1, -0.05) is 43.2 Å². The first-order valence-corrected chi connectivity index (χ1v) is 12.8. The van der Waals surface area contributed by atoms with Crippen LogP contribution in [0.25, 0.3) is 0 Å². The summed E-state index contributed by atoms with van der Waals surface area (Å²) in [6.07, 6.45) is 12.0. The molecule has 1 N–H and O–H groups in total. The highest BCUT2D eigenvalue weighted by molar-refractivity contribution is 5.34. The highest BCUT2D eigenvalue weighted by atomic mass is 19.1. The van der Waals surface area contributed by atoms with E-state index >= 15 is 0 Å². The highest BCUT2D eigenvalue weighted by Gasteiger charge is 2.48. The number of halogens is 1. The average Bonchev–Trinajstić information content (AvgIpc) is 3.31. The molecule has 5 heteroatoms. The van der Waals surface area contributed by atoms with E-state index in [1.165, 1.54) is 42.5 Å². The number of hydrogen-bond acceptors (Lipinski definition) is 4. The van der Waals surface area contributed by atoms with Crippen molar-refractivity contribution in [3.05, 3.63) is 65.5 Å². The van der Waals surface area contributed by atoms with E-state index in [1.54, 1.807) is 0 Å². The van der Waals surface area contributed by atoms with Crippen molar-refractivity contribution in [1.82, 2.24) is 10.3 Å². The van der Waals surface area contributed by atoms with E-state index in [9.17, 15) is 4.39 Å². The smallest absolute Gasteiger partial charge is 0.113 e. The maximum absolute atomic E-state index is 12.7. The predicted molar refractivity (Wildman–Crippen MR) is 128 cm³/mol. The van der Waals surface area contributed by atoms with Gasteiger partial charge in [-0.15, -0.1) is 0 Å². The van der Waals surface area contributed by atoms with Gasteiger partial charge in [0.15, 0.2) is 0 Å². The second-order valence-electron chi connectivity index (χ2n) is 10.2. The molecule has 0 amide bonds. The standard InChI is InChI=1S/C28H37FN2O2/c29-16-20-32-25-11-10-24(22-7-1-2-8-23(22)25)30-18-14-27(26-9-3-6-17-31-26)15-19-33-28(21-27)12-4-5-13-28/h1-3,6-9,17,24-25,30H,4-5,10-16,18-21H2/t24-,25-,27+/m0/s1. The fourth-order valence-corrected chi connectivity index (χ4v) is 6.60. The van der Waals surface area contributed by atoms with Crippen LogP contribution in [0.3, 0.4) is 0 Å². The largest absolute Gasteiger partial charge is 0.375 e. The molecular weight excluding hydrogens is 415 g/mol. The number of nitrogens with one attached hydrogen (secondary N) is 1. The molecule has 1 aliphatic heterocycles. The Balaban J connectivity index is 1.30. The van der Waals surface area contributed by atoms with E-state index in [0.717, 1.165) is 45.3 Å². The average molecular weight is 453 g/mol. The molecular formula is C28H37FN2O2. The molecule has 0 radical (unpaired) electrons. The minimum Gasteiger partial charge on any atom is -0.375 e. The predicted octanol–water partition coefficient (Wildman–Crippen LogP) is 5.98. The molecule has 1 spiro atoms. The van der Waals surface area contributed by atoms with Gasteiger partial charge in [-0.25, -0.2) is 4.39 Å². The zero-order chi connectivity index (χ0) is 22.6. The Bertz CT molecular complexity index is 902. The summed E-state index contributed by atoms with van der Waals surface area (Å²) in [5.41, 5.74) is 3.86. The minimum absolute atomic E-state index is 0.00702. The molecule has 1 saturated carbocycles. The minimum atomic E-state index is -0.429. The third-order valence-electron chi connectivity index (χ3n) is 8.20. The highest BCUT2D eigenvalue weighted by Crippen LogP contribution is 2.49. The van der Waals surface area contributed by atoms with Crippen LogP contribution in [0.1, 0.15) is 86.8 Å². The van der Waals surface area contributed by atoms with Gasteiger partial charge in [0.25, 0.3) is 0 Å². The van der Waals surface area contributed by atoms with Crippen LogP contribution in [0.4, 0.5) is 4.39 Å². The molecule has 1 aromatic carbocycles. The van der Waals surface area contributed by atoms with E-state index in [0.29, 0.717) is 6.04 Å². The zero-order valence-electron chi connectivity index (χ0n) is 19.6. The van der Waals surface area contributed by atoms with E-state index in [4.69, 9.17) is 14.5 Å². The molecule has 5 rings (SSSR count). The van der Waals surface area contributed by atoms with Crippen LogP contribution in [0.2, 0.25) is 0 Å². The van der Waals surface area contributed by atoms with E-state index in [2.05, 4.69) is 41.7 Å². The number of benzene rings is 1. The summed E-state index contributed by atoms with van der Waals surface area (Å²) in [5, 5.41) is 3.88. The lowest BCUT2D eigenvalue weighted by Crippen LogP contribution is -2.47. The third kappa shape index (κ3) is 4.87. The molecule has 0 bridgehead atoms. The number of pyridine rings is 1. The normalized spacial score (nSPS) is 28.6. The molecule has 1 saturated heterocycles. The topological polar surface area (TPSA) is 43.4 Å². The Morgan fingerprint density at radius 3 is 2.64 bits per heavy atom. The molecule has 33 heavy (non-hydrogen) atoms. The Labute approximate surface area is 197 Å². The molecule has 0 unspecified atom stereocenters. The summed E-state index contributed by atoms with van der Waals surface area (Å²) in [5.74, 6) is 0. The Morgan fingerprint density at radius 1 is 1.03 bits per heavy atom. The molecule has 3 atom stereocenters. The van der Waals surface area contributed by atoms with Crippen molar-refractivity contribution in [2.75, 3.05) is 26.4 Å². The number of rotatable bonds is 8. The van der Waals surface area contributed by atoms with Crippen molar-refractivity contribution >= 4 is 0 Å². The second-order valence-corrected chi connectivity index (χ2v) is 10.2. The molecule has 4 nitrogen and oxygen atoms in total. The molecule has 1 aromatic heterocycles. The second kappa shape index (κ2) is 10.2.